The van der Waals surface area contributed by atoms with Crippen LogP contribution in [0.15, 0.2) is 35.9 Å². The molecule has 0 atom stereocenters. The Balaban J connectivity index is 2.02. The second-order valence-corrected chi connectivity index (χ2v) is 4.12. The summed E-state index contributed by atoms with van der Waals surface area (Å²) in [4.78, 5) is 21.7. The van der Waals surface area contributed by atoms with Gasteiger partial charge in [-0.2, -0.15) is 0 Å². The first-order valence-corrected chi connectivity index (χ1v) is 5.82. The molecule has 0 heterocycles. The molecule has 0 saturated carbocycles. The van der Waals surface area contributed by atoms with Crippen molar-refractivity contribution in [3.63, 3.8) is 0 Å². The van der Waals surface area contributed by atoms with Gasteiger partial charge < -0.3 is 4.74 Å². The first kappa shape index (κ1) is 12.3. The second kappa shape index (κ2) is 5.44. The van der Waals surface area contributed by atoms with Gasteiger partial charge in [-0.25, -0.2) is 4.79 Å². The van der Waals surface area contributed by atoms with Crippen molar-refractivity contribution in [3.05, 3.63) is 46.0 Å². The highest BCUT2D eigenvalue weighted by molar-refractivity contribution is 5.90. The summed E-state index contributed by atoms with van der Waals surface area (Å²) in [5, 5.41) is 10.5. The number of benzene rings is 1. The minimum Gasteiger partial charge on any atom is -0.423 e. The molecule has 2 rings (SSSR count). The van der Waals surface area contributed by atoms with Gasteiger partial charge in [-0.3, -0.25) is 10.1 Å². The van der Waals surface area contributed by atoms with Crippen molar-refractivity contribution < 1.29 is 14.5 Å². The van der Waals surface area contributed by atoms with E-state index in [1.165, 1.54) is 24.3 Å². The summed E-state index contributed by atoms with van der Waals surface area (Å²) in [6, 6.07) is 5.49. The number of hydrogen-bond acceptors (Lipinski definition) is 4. The molecule has 5 heteroatoms. The van der Waals surface area contributed by atoms with Crippen molar-refractivity contribution in [2.24, 2.45) is 0 Å². The second-order valence-electron chi connectivity index (χ2n) is 4.12. The molecule has 1 aromatic rings. The highest BCUT2D eigenvalue weighted by Gasteiger charge is 2.15. The summed E-state index contributed by atoms with van der Waals surface area (Å²) >= 11 is 0. The molecule has 0 aliphatic heterocycles. The van der Waals surface area contributed by atoms with E-state index in [9.17, 15) is 14.9 Å². The highest BCUT2D eigenvalue weighted by Crippen LogP contribution is 2.22. The number of nitro benzene ring substituents is 1. The smallest absolute Gasteiger partial charge is 0.339 e. The number of nitrogens with zero attached hydrogens (tertiary/aromatic N) is 1. The first-order valence-electron chi connectivity index (χ1n) is 5.82. The monoisotopic (exact) mass is 247 g/mol. The Hall–Kier alpha value is -2.17. The number of allylic oxidation sites excluding steroid dienone is 1. The van der Waals surface area contributed by atoms with Crippen molar-refractivity contribution in [1.82, 2.24) is 0 Å². The van der Waals surface area contributed by atoms with E-state index in [1.807, 2.05) is 6.08 Å². The number of nitro groups is 1. The summed E-state index contributed by atoms with van der Waals surface area (Å²) in [5.41, 5.74) is 0.672. The third kappa shape index (κ3) is 2.94. The molecule has 0 amide bonds. The molecular weight excluding hydrogens is 234 g/mol. The van der Waals surface area contributed by atoms with E-state index in [4.69, 9.17) is 4.74 Å². The fourth-order valence-corrected chi connectivity index (χ4v) is 1.83. The van der Waals surface area contributed by atoms with Crippen LogP contribution in [0.5, 0.6) is 5.75 Å². The Kier molecular flexibility index (Phi) is 3.72. The van der Waals surface area contributed by atoms with Gasteiger partial charge in [-0.15, -0.1) is 0 Å². The van der Waals surface area contributed by atoms with Crippen LogP contribution in [0.4, 0.5) is 5.69 Å². The van der Waals surface area contributed by atoms with Crippen molar-refractivity contribution in [1.29, 1.82) is 0 Å². The van der Waals surface area contributed by atoms with E-state index in [2.05, 4.69) is 0 Å². The molecule has 1 aromatic carbocycles. The van der Waals surface area contributed by atoms with E-state index < -0.39 is 4.92 Å². The Bertz CT molecular complexity index is 490. The maximum Gasteiger partial charge on any atom is 0.339 e. The maximum atomic E-state index is 11.8. The predicted molar refractivity (Wildman–Crippen MR) is 65.3 cm³/mol. The summed E-state index contributed by atoms with van der Waals surface area (Å²) in [5.74, 6) is -0.0272. The maximum absolute atomic E-state index is 11.8. The third-order valence-electron chi connectivity index (χ3n) is 2.81. The van der Waals surface area contributed by atoms with Crippen LogP contribution in [-0.2, 0) is 4.79 Å². The van der Waals surface area contributed by atoms with Crippen LogP contribution in [0.2, 0.25) is 0 Å². The van der Waals surface area contributed by atoms with Gasteiger partial charge in [0.2, 0.25) is 0 Å². The van der Waals surface area contributed by atoms with Crippen molar-refractivity contribution in [2.75, 3.05) is 0 Å². The van der Waals surface area contributed by atoms with Crippen LogP contribution in [-0.4, -0.2) is 10.9 Å². The predicted octanol–water partition coefficient (Wildman–Crippen LogP) is 3.00. The van der Waals surface area contributed by atoms with Gasteiger partial charge in [0.25, 0.3) is 5.69 Å². The van der Waals surface area contributed by atoms with Crippen molar-refractivity contribution in [2.45, 2.75) is 25.7 Å². The molecular formula is C13H13NO4. The number of rotatable bonds is 3. The van der Waals surface area contributed by atoms with E-state index in [-0.39, 0.29) is 11.7 Å². The standard InChI is InChI=1S/C13H13NO4/c15-13(10-4-2-1-3-5-10)18-12-8-6-11(7-9-12)14(16)17/h4,6-9H,1-3,5H2. The van der Waals surface area contributed by atoms with Crippen LogP contribution >= 0.6 is 0 Å². The molecule has 5 nitrogen and oxygen atoms in total. The molecule has 18 heavy (non-hydrogen) atoms. The number of carbonyl (C=O) groups excluding carboxylic acids is 1. The number of carbonyl (C=O) groups is 1. The molecule has 0 bridgehead atoms. The molecule has 1 aliphatic rings. The summed E-state index contributed by atoms with van der Waals surface area (Å²) < 4.78 is 5.16. The number of hydrogen-bond donors (Lipinski definition) is 0. The average molecular weight is 247 g/mol. The molecule has 0 radical (unpaired) electrons. The van der Waals surface area contributed by atoms with E-state index in [1.54, 1.807) is 0 Å². The van der Waals surface area contributed by atoms with Gasteiger partial charge in [0.15, 0.2) is 0 Å². The number of ether oxygens (including phenoxy) is 1. The van der Waals surface area contributed by atoms with Gasteiger partial charge in [0, 0.05) is 17.7 Å². The van der Waals surface area contributed by atoms with Gasteiger partial charge in [-0.05, 0) is 37.8 Å². The zero-order valence-electron chi connectivity index (χ0n) is 9.80. The lowest BCUT2D eigenvalue weighted by atomic mass is 10.00. The SMILES string of the molecule is O=C(Oc1ccc([N+](=O)[O-])cc1)C1=CCCCC1. The lowest BCUT2D eigenvalue weighted by molar-refractivity contribution is -0.384. The van der Waals surface area contributed by atoms with Gasteiger partial charge >= 0.3 is 5.97 Å². The average Bonchev–Trinajstić information content (AvgIpc) is 2.40. The van der Waals surface area contributed by atoms with E-state index in [0.717, 1.165) is 25.7 Å². The van der Waals surface area contributed by atoms with Crippen LogP contribution in [0, 0.1) is 10.1 Å². The quantitative estimate of drug-likeness (QED) is 0.356. The van der Waals surface area contributed by atoms with E-state index >= 15 is 0 Å². The molecule has 0 spiro atoms. The number of esters is 1. The first-order chi connectivity index (χ1) is 8.66. The fourth-order valence-electron chi connectivity index (χ4n) is 1.83. The molecule has 1 aliphatic carbocycles. The fraction of sp³-hybridized carbons (Fsp3) is 0.308. The molecule has 0 N–H and O–H groups in total. The zero-order valence-corrected chi connectivity index (χ0v) is 9.80. The third-order valence-corrected chi connectivity index (χ3v) is 2.81. The number of non-ortho nitro benzene ring substituents is 1. The Morgan fingerprint density at radius 2 is 1.94 bits per heavy atom. The van der Waals surface area contributed by atoms with Crippen LogP contribution < -0.4 is 4.74 Å². The topological polar surface area (TPSA) is 69.4 Å². The zero-order chi connectivity index (χ0) is 13.0. The van der Waals surface area contributed by atoms with Crippen LogP contribution in [0.3, 0.4) is 0 Å². The summed E-state index contributed by atoms with van der Waals surface area (Å²) in [7, 11) is 0. The molecule has 0 unspecified atom stereocenters. The molecule has 0 aromatic heterocycles. The minimum absolute atomic E-state index is 0.0216. The minimum atomic E-state index is -0.491. The van der Waals surface area contributed by atoms with Crippen molar-refractivity contribution in [3.8, 4) is 5.75 Å². The molecule has 94 valence electrons. The van der Waals surface area contributed by atoms with Gasteiger partial charge in [-0.1, -0.05) is 6.08 Å². The van der Waals surface area contributed by atoms with Crippen LogP contribution in [0.1, 0.15) is 25.7 Å². The van der Waals surface area contributed by atoms with Gasteiger partial charge in [0.1, 0.15) is 5.75 Å². The summed E-state index contributed by atoms with van der Waals surface area (Å²) in [6.07, 6.45) is 5.66. The van der Waals surface area contributed by atoms with E-state index in [0.29, 0.717) is 11.3 Å². The Morgan fingerprint density at radius 3 is 2.50 bits per heavy atom. The lowest BCUT2D eigenvalue weighted by Crippen LogP contribution is -2.13. The van der Waals surface area contributed by atoms with Gasteiger partial charge in [0.05, 0.1) is 4.92 Å². The van der Waals surface area contributed by atoms with Crippen LogP contribution in [0.25, 0.3) is 0 Å². The largest absolute Gasteiger partial charge is 0.423 e. The summed E-state index contributed by atoms with van der Waals surface area (Å²) in [6.45, 7) is 0. The lowest BCUT2D eigenvalue weighted by Gasteiger charge is -2.11. The Labute approximate surface area is 104 Å². The molecule has 0 fully saturated rings. The normalized spacial score (nSPS) is 14.8. The highest BCUT2D eigenvalue weighted by atomic mass is 16.6. The Morgan fingerprint density at radius 1 is 1.22 bits per heavy atom. The molecule has 0 saturated heterocycles. The van der Waals surface area contributed by atoms with Crippen molar-refractivity contribution >= 4 is 11.7 Å².